The van der Waals surface area contributed by atoms with Crippen LogP contribution in [0.1, 0.15) is 30.5 Å². The van der Waals surface area contributed by atoms with Crippen molar-refractivity contribution in [3.63, 3.8) is 0 Å². The average molecular weight is 356 g/mol. The molecular formula is C20H24N2O2S. The van der Waals surface area contributed by atoms with E-state index in [1.807, 2.05) is 48.7 Å². The first-order valence-corrected chi connectivity index (χ1v) is 9.41. The SMILES string of the molecule is CSc1ccc(CN(C)C(=O)CC(NC(C)=O)c2ccccc2)cc1. The summed E-state index contributed by atoms with van der Waals surface area (Å²) in [6.07, 6.45) is 2.28. The van der Waals surface area contributed by atoms with Gasteiger partial charge in [0.05, 0.1) is 12.5 Å². The molecule has 2 amide bonds. The lowest BCUT2D eigenvalue weighted by Crippen LogP contribution is -2.33. The largest absolute Gasteiger partial charge is 0.349 e. The highest BCUT2D eigenvalue weighted by Crippen LogP contribution is 2.19. The summed E-state index contributed by atoms with van der Waals surface area (Å²) < 4.78 is 0. The number of hydrogen-bond acceptors (Lipinski definition) is 3. The van der Waals surface area contributed by atoms with Crippen molar-refractivity contribution in [3.8, 4) is 0 Å². The molecule has 1 atom stereocenters. The number of nitrogens with zero attached hydrogens (tertiary/aromatic N) is 1. The minimum Gasteiger partial charge on any atom is -0.349 e. The first-order chi connectivity index (χ1) is 12.0. The number of nitrogens with one attached hydrogen (secondary N) is 1. The van der Waals surface area contributed by atoms with Crippen LogP contribution in [0.5, 0.6) is 0 Å². The van der Waals surface area contributed by atoms with Crippen molar-refractivity contribution in [2.45, 2.75) is 30.8 Å². The van der Waals surface area contributed by atoms with Gasteiger partial charge in [0.15, 0.2) is 0 Å². The number of rotatable bonds is 7. The Labute approximate surface area is 153 Å². The van der Waals surface area contributed by atoms with Gasteiger partial charge >= 0.3 is 0 Å². The summed E-state index contributed by atoms with van der Waals surface area (Å²) in [4.78, 5) is 27.0. The van der Waals surface area contributed by atoms with Crippen molar-refractivity contribution in [2.75, 3.05) is 13.3 Å². The Morgan fingerprint density at radius 1 is 1.08 bits per heavy atom. The summed E-state index contributed by atoms with van der Waals surface area (Å²) in [5, 5.41) is 2.87. The molecule has 1 N–H and O–H groups in total. The number of carbonyl (C=O) groups is 2. The van der Waals surface area contributed by atoms with E-state index in [0.717, 1.165) is 11.1 Å². The number of benzene rings is 2. The van der Waals surface area contributed by atoms with Gasteiger partial charge in [-0.15, -0.1) is 11.8 Å². The van der Waals surface area contributed by atoms with Crippen LogP contribution in [0.4, 0.5) is 0 Å². The minimum absolute atomic E-state index is 0.00320. The van der Waals surface area contributed by atoms with Gasteiger partial charge in [-0.3, -0.25) is 9.59 Å². The summed E-state index contributed by atoms with van der Waals surface area (Å²) in [6.45, 7) is 2.02. The third-order valence-electron chi connectivity index (χ3n) is 3.96. The van der Waals surface area contributed by atoms with E-state index >= 15 is 0 Å². The second-order valence-corrected chi connectivity index (χ2v) is 6.85. The molecule has 1 unspecified atom stereocenters. The average Bonchev–Trinajstić information content (AvgIpc) is 2.62. The van der Waals surface area contributed by atoms with Crippen LogP contribution in [0, 0.1) is 0 Å². The van der Waals surface area contributed by atoms with E-state index < -0.39 is 0 Å². The predicted molar refractivity (Wildman–Crippen MR) is 102 cm³/mol. The lowest BCUT2D eigenvalue weighted by atomic mass is 10.0. The zero-order chi connectivity index (χ0) is 18.2. The summed E-state index contributed by atoms with van der Waals surface area (Å²) in [5.41, 5.74) is 2.02. The molecule has 0 saturated heterocycles. The quantitative estimate of drug-likeness (QED) is 0.771. The fraction of sp³-hybridized carbons (Fsp3) is 0.300. The van der Waals surface area contributed by atoms with Crippen LogP contribution in [0.25, 0.3) is 0 Å². The van der Waals surface area contributed by atoms with E-state index in [9.17, 15) is 9.59 Å². The minimum atomic E-state index is -0.312. The van der Waals surface area contributed by atoms with Gasteiger partial charge < -0.3 is 10.2 Å². The standard InChI is InChI=1S/C20H24N2O2S/c1-15(23)21-19(17-7-5-4-6-8-17)13-20(24)22(2)14-16-9-11-18(25-3)12-10-16/h4-12,19H,13-14H2,1-3H3,(H,21,23). The zero-order valence-electron chi connectivity index (χ0n) is 14.9. The van der Waals surface area contributed by atoms with Crippen molar-refractivity contribution in [3.05, 3.63) is 65.7 Å². The Bertz CT molecular complexity index is 701. The Morgan fingerprint density at radius 2 is 1.72 bits per heavy atom. The highest BCUT2D eigenvalue weighted by atomic mass is 32.2. The first kappa shape index (κ1) is 19.1. The van der Waals surface area contributed by atoms with E-state index in [4.69, 9.17) is 0 Å². The Balaban J connectivity index is 2.02. The number of thioether (sulfide) groups is 1. The van der Waals surface area contributed by atoms with Crippen LogP contribution in [-0.4, -0.2) is 30.0 Å². The summed E-state index contributed by atoms with van der Waals surface area (Å²) in [6, 6.07) is 17.5. The molecule has 5 heteroatoms. The third-order valence-corrected chi connectivity index (χ3v) is 4.71. The van der Waals surface area contributed by atoms with Crippen molar-refractivity contribution in [1.82, 2.24) is 10.2 Å². The van der Waals surface area contributed by atoms with Gasteiger partial charge in [0.2, 0.25) is 11.8 Å². The van der Waals surface area contributed by atoms with Crippen LogP contribution in [0.3, 0.4) is 0 Å². The van der Waals surface area contributed by atoms with Gasteiger partial charge in [-0.1, -0.05) is 42.5 Å². The molecule has 132 valence electrons. The molecule has 0 aliphatic heterocycles. The molecule has 2 rings (SSSR count). The van der Waals surface area contributed by atoms with E-state index in [0.29, 0.717) is 6.54 Å². The van der Waals surface area contributed by atoms with E-state index in [1.165, 1.54) is 11.8 Å². The van der Waals surface area contributed by atoms with E-state index in [1.54, 1.807) is 23.7 Å². The van der Waals surface area contributed by atoms with Crippen LogP contribution >= 0.6 is 11.8 Å². The smallest absolute Gasteiger partial charge is 0.225 e. The molecule has 0 radical (unpaired) electrons. The zero-order valence-corrected chi connectivity index (χ0v) is 15.7. The van der Waals surface area contributed by atoms with Gasteiger partial charge in [-0.05, 0) is 29.5 Å². The number of carbonyl (C=O) groups excluding carboxylic acids is 2. The van der Waals surface area contributed by atoms with Gasteiger partial charge in [-0.2, -0.15) is 0 Å². The van der Waals surface area contributed by atoms with Crippen molar-refractivity contribution in [1.29, 1.82) is 0 Å². The monoisotopic (exact) mass is 356 g/mol. The Kier molecular flexibility index (Phi) is 7.07. The molecule has 2 aromatic rings. The molecule has 0 spiro atoms. The maximum absolute atomic E-state index is 12.6. The van der Waals surface area contributed by atoms with E-state index in [2.05, 4.69) is 17.4 Å². The molecule has 2 aromatic carbocycles. The molecule has 0 fully saturated rings. The predicted octanol–water partition coefficient (Wildman–Crippen LogP) is 3.63. The van der Waals surface area contributed by atoms with Gasteiger partial charge in [0.1, 0.15) is 0 Å². The fourth-order valence-electron chi connectivity index (χ4n) is 2.61. The number of hydrogen-bond donors (Lipinski definition) is 1. The third kappa shape index (κ3) is 5.94. The highest BCUT2D eigenvalue weighted by molar-refractivity contribution is 7.98. The molecule has 0 aliphatic carbocycles. The first-order valence-electron chi connectivity index (χ1n) is 8.18. The Hall–Kier alpha value is -2.27. The Morgan fingerprint density at radius 3 is 2.28 bits per heavy atom. The molecule has 25 heavy (non-hydrogen) atoms. The molecule has 0 bridgehead atoms. The maximum Gasteiger partial charge on any atom is 0.225 e. The van der Waals surface area contributed by atoms with Crippen LogP contribution in [0.2, 0.25) is 0 Å². The van der Waals surface area contributed by atoms with Crippen LogP contribution in [0.15, 0.2) is 59.5 Å². The van der Waals surface area contributed by atoms with Crippen molar-refractivity contribution < 1.29 is 9.59 Å². The summed E-state index contributed by atoms with van der Waals surface area (Å²) in [7, 11) is 1.79. The molecule has 0 aliphatic rings. The highest BCUT2D eigenvalue weighted by Gasteiger charge is 2.19. The van der Waals surface area contributed by atoms with E-state index in [-0.39, 0.29) is 24.3 Å². The molecule has 0 heterocycles. The van der Waals surface area contributed by atoms with Crippen molar-refractivity contribution >= 4 is 23.6 Å². The molecular weight excluding hydrogens is 332 g/mol. The molecule has 0 saturated carbocycles. The normalized spacial score (nSPS) is 11.6. The molecule has 4 nitrogen and oxygen atoms in total. The van der Waals surface area contributed by atoms with Crippen LogP contribution < -0.4 is 5.32 Å². The van der Waals surface area contributed by atoms with Crippen LogP contribution in [-0.2, 0) is 16.1 Å². The maximum atomic E-state index is 12.6. The lowest BCUT2D eigenvalue weighted by Gasteiger charge is -2.23. The second-order valence-electron chi connectivity index (χ2n) is 5.97. The number of amides is 2. The summed E-state index contributed by atoms with van der Waals surface area (Å²) >= 11 is 1.69. The van der Waals surface area contributed by atoms with Gasteiger partial charge in [0, 0.05) is 25.4 Å². The second kappa shape index (κ2) is 9.28. The van der Waals surface area contributed by atoms with Gasteiger partial charge in [-0.25, -0.2) is 0 Å². The fourth-order valence-corrected chi connectivity index (χ4v) is 3.01. The van der Waals surface area contributed by atoms with Crippen molar-refractivity contribution in [2.24, 2.45) is 0 Å². The lowest BCUT2D eigenvalue weighted by molar-refractivity contribution is -0.131. The van der Waals surface area contributed by atoms with Gasteiger partial charge in [0.25, 0.3) is 0 Å². The molecule has 0 aromatic heterocycles. The summed E-state index contributed by atoms with van der Waals surface area (Å²) in [5.74, 6) is -0.145. The topological polar surface area (TPSA) is 49.4 Å².